The van der Waals surface area contributed by atoms with Crippen LogP contribution in [0.4, 0.5) is 5.69 Å². The molecule has 0 bridgehead atoms. The molecule has 272 valence electrons. The normalized spacial score (nSPS) is 13.8. The first-order chi connectivity index (χ1) is 26.3. The fourth-order valence-electron chi connectivity index (χ4n) is 6.67. The van der Waals surface area contributed by atoms with Crippen LogP contribution in [0.5, 0.6) is 23.0 Å². The third-order valence-electron chi connectivity index (χ3n) is 9.93. The fraction of sp³-hybridized carbons (Fsp3) is 0.0909. The Morgan fingerprint density at radius 2 is 0.945 bits per heavy atom. The number of amides is 4. The number of fused-ring (bicyclic) bond motifs is 2. The summed E-state index contributed by atoms with van der Waals surface area (Å²) in [6.07, 6.45) is 0. The van der Waals surface area contributed by atoms with E-state index in [1.54, 1.807) is 54.6 Å². The summed E-state index contributed by atoms with van der Waals surface area (Å²) < 4.78 is 38.3. The van der Waals surface area contributed by atoms with Gasteiger partial charge in [-0.1, -0.05) is 55.8 Å². The molecule has 0 aromatic heterocycles. The minimum absolute atomic E-state index is 0.0512. The molecule has 0 atom stereocenters. The van der Waals surface area contributed by atoms with Crippen molar-refractivity contribution in [2.45, 2.75) is 36.0 Å². The van der Waals surface area contributed by atoms with Crippen molar-refractivity contribution in [1.29, 1.82) is 0 Å². The van der Waals surface area contributed by atoms with Crippen LogP contribution in [0.3, 0.4) is 0 Å². The Balaban J connectivity index is 0.935. The Hall–Kier alpha value is -6.85. The van der Waals surface area contributed by atoms with Gasteiger partial charge in [-0.2, -0.15) is 0 Å². The Bertz CT molecular complexity index is 2670. The highest BCUT2D eigenvalue weighted by molar-refractivity contribution is 7.91. The van der Waals surface area contributed by atoms with Crippen LogP contribution in [-0.4, -0.2) is 32.0 Å². The van der Waals surface area contributed by atoms with Crippen LogP contribution < -0.4 is 19.7 Å². The van der Waals surface area contributed by atoms with Crippen molar-refractivity contribution in [3.8, 4) is 23.0 Å². The second-order valence-corrected chi connectivity index (χ2v) is 15.8. The second-order valence-electron chi connectivity index (χ2n) is 13.8. The zero-order chi connectivity index (χ0) is 38.6. The number of carbonyl (C=O) groups is 4. The van der Waals surface area contributed by atoms with Crippen molar-refractivity contribution < 1.29 is 37.1 Å². The third-order valence-corrected chi connectivity index (χ3v) is 11.7. The maximum Gasteiger partial charge on any atom is 0.266 e. The van der Waals surface area contributed by atoms with Crippen molar-refractivity contribution in [2.75, 3.05) is 4.90 Å². The van der Waals surface area contributed by atoms with E-state index in [4.69, 9.17) is 9.47 Å². The lowest BCUT2D eigenvalue weighted by atomic mass is 9.78. The highest BCUT2D eigenvalue weighted by Gasteiger charge is 2.37. The van der Waals surface area contributed by atoms with Gasteiger partial charge < -0.3 is 9.47 Å². The molecular formula is C44H32N2O8S. The van der Waals surface area contributed by atoms with Gasteiger partial charge in [0.05, 0.1) is 37.7 Å². The molecular weight excluding hydrogens is 717 g/mol. The summed E-state index contributed by atoms with van der Waals surface area (Å²) in [6.45, 7) is 6.07. The van der Waals surface area contributed by atoms with Crippen molar-refractivity contribution in [3.05, 3.63) is 172 Å². The molecule has 0 saturated carbocycles. The summed E-state index contributed by atoms with van der Waals surface area (Å²) in [6, 6.07) is 36.9. The molecule has 8 rings (SSSR count). The predicted molar refractivity (Wildman–Crippen MR) is 204 cm³/mol. The van der Waals surface area contributed by atoms with Gasteiger partial charge in [0, 0.05) is 5.41 Å². The molecule has 2 aliphatic rings. The molecule has 0 fully saturated rings. The maximum absolute atomic E-state index is 13.5. The van der Waals surface area contributed by atoms with Gasteiger partial charge in [0.15, 0.2) is 0 Å². The van der Waals surface area contributed by atoms with E-state index in [2.05, 4.69) is 19.2 Å². The van der Waals surface area contributed by atoms with E-state index in [-0.39, 0.29) is 32.2 Å². The molecule has 11 heteroatoms. The average molecular weight is 749 g/mol. The number of hydrogen-bond acceptors (Lipinski definition) is 8. The van der Waals surface area contributed by atoms with Gasteiger partial charge in [0.25, 0.3) is 23.6 Å². The smallest absolute Gasteiger partial charge is 0.266 e. The first-order valence-corrected chi connectivity index (χ1v) is 18.8. The Kier molecular flexibility index (Phi) is 8.46. The molecule has 0 spiro atoms. The van der Waals surface area contributed by atoms with Crippen LogP contribution in [0.2, 0.25) is 0 Å². The summed E-state index contributed by atoms with van der Waals surface area (Å²) in [5.74, 6) is 0.0208. The van der Waals surface area contributed by atoms with Crippen LogP contribution in [0, 0.1) is 6.92 Å². The average Bonchev–Trinajstić information content (AvgIpc) is 3.60. The molecule has 0 radical (unpaired) electrons. The molecule has 10 nitrogen and oxygen atoms in total. The van der Waals surface area contributed by atoms with E-state index in [9.17, 15) is 27.6 Å². The number of nitrogens with one attached hydrogen (secondary N) is 1. The van der Waals surface area contributed by atoms with E-state index in [1.807, 2.05) is 55.5 Å². The molecule has 6 aromatic carbocycles. The Morgan fingerprint density at radius 1 is 0.509 bits per heavy atom. The number of ether oxygens (including phenoxy) is 2. The zero-order valence-electron chi connectivity index (χ0n) is 29.8. The van der Waals surface area contributed by atoms with E-state index >= 15 is 0 Å². The summed E-state index contributed by atoms with van der Waals surface area (Å²) in [4.78, 5) is 52.0. The minimum Gasteiger partial charge on any atom is -0.457 e. The molecule has 6 aromatic rings. The quantitative estimate of drug-likeness (QED) is 0.146. The van der Waals surface area contributed by atoms with Gasteiger partial charge in [-0.05, 0) is 115 Å². The summed E-state index contributed by atoms with van der Waals surface area (Å²) in [5, 5.41) is 2.28. The summed E-state index contributed by atoms with van der Waals surface area (Å²) >= 11 is 0. The van der Waals surface area contributed by atoms with Crippen molar-refractivity contribution >= 4 is 39.2 Å². The Labute approximate surface area is 316 Å². The maximum atomic E-state index is 13.5. The molecule has 2 heterocycles. The third kappa shape index (κ3) is 6.34. The van der Waals surface area contributed by atoms with Crippen molar-refractivity contribution in [1.82, 2.24) is 5.32 Å². The molecule has 0 aliphatic carbocycles. The number of nitrogens with zero attached hydrogens (tertiary/aromatic N) is 1. The van der Waals surface area contributed by atoms with Crippen LogP contribution in [0.1, 0.15) is 72.0 Å². The number of imide groups is 2. The predicted octanol–water partition coefficient (Wildman–Crippen LogP) is 8.42. The van der Waals surface area contributed by atoms with Gasteiger partial charge >= 0.3 is 0 Å². The monoisotopic (exact) mass is 748 g/mol. The van der Waals surface area contributed by atoms with Crippen molar-refractivity contribution in [3.63, 3.8) is 0 Å². The number of rotatable bonds is 9. The number of aryl methyl sites for hydroxylation is 1. The van der Waals surface area contributed by atoms with Crippen LogP contribution in [0.15, 0.2) is 143 Å². The summed E-state index contributed by atoms with van der Waals surface area (Å²) in [7, 11) is -3.78. The van der Waals surface area contributed by atoms with E-state index in [0.717, 1.165) is 21.6 Å². The van der Waals surface area contributed by atoms with Gasteiger partial charge in [-0.25, -0.2) is 13.3 Å². The van der Waals surface area contributed by atoms with Crippen LogP contribution >= 0.6 is 0 Å². The summed E-state index contributed by atoms with van der Waals surface area (Å²) in [5.41, 5.74) is 3.86. The molecule has 2 aliphatic heterocycles. The van der Waals surface area contributed by atoms with Gasteiger partial charge in [-0.3, -0.25) is 24.5 Å². The first kappa shape index (κ1) is 35.2. The van der Waals surface area contributed by atoms with Crippen molar-refractivity contribution in [2.24, 2.45) is 0 Å². The second kappa shape index (κ2) is 13.2. The zero-order valence-corrected chi connectivity index (χ0v) is 30.6. The number of benzene rings is 6. The lowest BCUT2D eigenvalue weighted by Gasteiger charge is -2.26. The highest BCUT2D eigenvalue weighted by atomic mass is 32.2. The van der Waals surface area contributed by atoms with Crippen LogP contribution in [0.25, 0.3) is 0 Å². The fourth-order valence-corrected chi connectivity index (χ4v) is 7.94. The SMILES string of the molecule is Cc1ccc(S(=O)(=O)c2ccc(N3C(=O)c4ccc(Oc5ccc(C(C)(C)c6ccc(Oc7ccc8c(c7)C(=O)NC8=O)cc6)cc5)cc4C3=O)cc2)cc1. The lowest BCUT2D eigenvalue weighted by molar-refractivity contribution is 0.0874. The molecule has 0 saturated heterocycles. The largest absolute Gasteiger partial charge is 0.457 e. The number of hydrogen-bond donors (Lipinski definition) is 1. The van der Waals surface area contributed by atoms with Gasteiger partial charge in [0.1, 0.15) is 23.0 Å². The first-order valence-electron chi connectivity index (χ1n) is 17.3. The topological polar surface area (TPSA) is 136 Å². The molecule has 0 unspecified atom stereocenters. The standard InChI is InChI=1S/C44H32N2O8S/c1-26-4-18-34(19-5-26)55(51,52)35-20-10-29(11-21-35)46-42(49)37-23-17-33(25-39(37)43(46)50)54-31-14-8-28(9-15-31)44(2,3)27-6-12-30(13-7-27)53-32-16-22-36-38(24-32)41(48)45-40(36)47/h4-25H,1-3H3,(H,45,47,48). The van der Waals surface area contributed by atoms with E-state index in [1.165, 1.54) is 30.3 Å². The molecule has 1 N–H and O–H groups in total. The number of anilines is 1. The highest BCUT2D eigenvalue weighted by Crippen LogP contribution is 2.37. The van der Waals surface area contributed by atoms with Crippen LogP contribution in [-0.2, 0) is 15.3 Å². The Morgan fingerprint density at radius 3 is 1.49 bits per heavy atom. The lowest BCUT2D eigenvalue weighted by Crippen LogP contribution is -2.29. The van der Waals surface area contributed by atoms with Gasteiger partial charge in [0.2, 0.25) is 9.84 Å². The van der Waals surface area contributed by atoms with E-state index < -0.39 is 38.9 Å². The van der Waals surface area contributed by atoms with E-state index in [0.29, 0.717) is 28.6 Å². The molecule has 55 heavy (non-hydrogen) atoms. The van der Waals surface area contributed by atoms with Gasteiger partial charge in [-0.15, -0.1) is 0 Å². The minimum atomic E-state index is -3.78. The molecule has 4 amide bonds. The number of carbonyl (C=O) groups excluding carboxylic acids is 4. The number of sulfone groups is 1.